The first kappa shape index (κ1) is 8.87. The lowest BCUT2D eigenvalue weighted by Gasteiger charge is -1.93. The van der Waals surface area contributed by atoms with Gasteiger partial charge in [0.1, 0.15) is 5.82 Å². The molecule has 3 nitrogen and oxygen atoms in total. The maximum atomic E-state index is 13.2. The van der Waals surface area contributed by atoms with E-state index in [-0.39, 0.29) is 11.7 Å². The highest BCUT2D eigenvalue weighted by atomic mass is 19.1. The summed E-state index contributed by atoms with van der Waals surface area (Å²) in [5.41, 5.74) is 3.08. The summed E-state index contributed by atoms with van der Waals surface area (Å²) in [7, 11) is 0. The zero-order valence-electron chi connectivity index (χ0n) is 7.53. The van der Waals surface area contributed by atoms with Crippen LogP contribution in [0.2, 0.25) is 0 Å². The highest BCUT2D eigenvalue weighted by Crippen LogP contribution is 2.03. The average molecular weight is 193 g/mol. The Balaban J connectivity index is 2.25. The lowest BCUT2D eigenvalue weighted by Crippen LogP contribution is -2.25. The zero-order valence-corrected chi connectivity index (χ0v) is 7.53. The summed E-state index contributed by atoms with van der Waals surface area (Å²) >= 11 is 0. The molecule has 72 valence electrons. The molecule has 14 heavy (non-hydrogen) atoms. The first-order valence-electron chi connectivity index (χ1n) is 4.41. The summed E-state index contributed by atoms with van der Waals surface area (Å²) in [6.07, 6.45) is 2.06. The number of amides is 1. The Morgan fingerprint density at radius 2 is 2.21 bits per heavy atom. The predicted octanol–water partition coefficient (Wildman–Crippen LogP) is 0.692. The van der Waals surface area contributed by atoms with Crippen molar-refractivity contribution in [3.05, 3.63) is 35.6 Å². The Labute approximate surface area is 80.8 Å². The van der Waals surface area contributed by atoms with Crippen LogP contribution in [0.1, 0.15) is 12.0 Å². The van der Waals surface area contributed by atoms with Crippen LogP contribution in [-0.4, -0.2) is 23.4 Å². The lowest BCUT2D eigenvalue weighted by molar-refractivity contribution is -0.553. The monoisotopic (exact) mass is 193 g/mol. The van der Waals surface area contributed by atoms with E-state index in [4.69, 9.17) is 0 Å². The van der Waals surface area contributed by atoms with E-state index in [1.807, 2.05) is 0 Å². The highest BCUT2D eigenvalue weighted by molar-refractivity contribution is 5.79. The third-order valence-electron chi connectivity index (χ3n) is 2.05. The van der Waals surface area contributed by atoms with Gasteiger partial charge in [-0.1, -0.05) is 12.1 Å². The standard InChI is InChI=1S/C10H9FN2O/c11-9-4-2-1-3-8(9)7-13-6-5-10(14)12-13/h1-4,7H,5-6H2/p+1/b13-7-. The second-order valence-corrected chi connectivity index (χ2v) is 3.13. The first-order valence-corrected chi connectivity index (χ1v) is 4.41. The molecule has 4 heteroatoms. The number of hydrazine groups is 1. The van der Waals surface area contributed by atoms with Crippen LogP contribution in [0.5, 0.6) is 0 Å². The molecule has 1 aromatic carbocycles. The predicted molar refractivity (Wildman–Crippen MR) is 49.5 cm³/mol. The lowest BCUT2D eigenvalue weighted by atomic mass is 10.2. The molecule has 1 amide bonds. The molecule has 1 aliphatic rings. The van der Waals surface area contributed by atoms with Crippen molar-refractivity contribution < 1.29 is 13.9 Å². The number of halogens is 1. The molecule has 0 saturated carbocycles. The van der Waals surface area contributed by atoms with Crippen molar-refractivity contribution in [3.63, 3.8) is 0 Å². The van der Waals surface area contributed by atoms with Gasteiger partial charge in [-0.15, -0.1) is 10.1 Å². The number of rotatable bonds is 1. The number of hydrazone groups is 1. The number of nitrogens with zero attached hydrogens (tertiary/aromatic N) is 1. The fourth-order valence-electron chi connectivity index (χ4n) is 1.34. The topological polar surface area (TPSA) is 32.1 Å². The second kappa shape index (κ2) is 3.57. The van der Waals surface area contributed by atoms with Crippen LogP contribution in [-0.2, 0) is 4.79 Å². The second-order valence-electron chi connectivity index (χ2n) is 3.13. The summed E-state index contributed by atoms with van der Waals surface area (Å²) < 4.78 is 14.8. The Morgan fingerprint density at radius 3 is 2.86 bits per heavy atom. The third-order valence-corrected chi connectivity index (χ3v) is 2.05. The quantitative estimate of drug-likeness (QED) is 0.654. The van der Waals surface area contributed by atoms with Gasteiger partial charge < -0.3 is 0 Å². The molecule has 1 aliphatic heterocycles. The van der Waals surface area contributed by atoms with Gasteiger partial charge in [0.25, 0.3) is 5.91 Å². The summed E-state index contributed by atoms with van der Waals surface area (Å²) in [4.78, 5) is 10.9. The van der Waals surface area contributed by atoms with Crippen molar-refractivity contribution in [3.8, 4) is 0 Å². The van der Waals surface area contributed by atoms with Crippen LogP contribution in [0.3, 0.4) is 0 Å². The summed E-state index contributed by atoms with van der Waals surface area (Å²) in [5.74, 6) is -0.314. The van der Waals surface area contributed by atoms with Crippen molar-refractivity contribution in [2.45, 2.75) is 6.42 Å². The fraction of sp³-hybridized carbons (Fsp3) is 0.200. The van der Waals surface area contributed by atoms with Crippen LogP contribution in [0, 0.1) is 5.82 Å². The minimum atomic E-state index is -0.284. The van der Waals surface area contributed by atoms with E-state index in [0.717, 1.165) is 0 Å². The van der Waals surface area contributed by atoms with Crippen molar-refractivity contribution in [2.24, 2.45) is 0 Å². The Hall–Kier alpha value is -1.71. The number of carbonyl (C=O) groups excluding carboxylic acids is 1. The van der Waals surface area contributed by atoms with Gasteiger partial charge in [0, 0.05) is 0 Å². The largest absolute Gasteiger partial charge is 0.280 e. The minimum Gasteiger partial charge on any atom is -0.269 e. The Kier molecular flexibility index (Phi) is 2.26. The van der Waals surface area contributed by atoms with E-state index in [2.05, 4.69) is 5.43 Å². The summed E-state index contributed by atoms with van der Waals surface area (Å²) in [6, 6.07) is 6.45. The van der Waals surface area contributed by atoms with E-state index in [0.29, 0.717) is 18.5 Å². The van der Waals surface area contributed by atoms with Crippen molar-refractivity contribution in [1.82, 2.24) is 5.43 Å². The maximum absolute atomic E-state index is 13.2. The van der Waals surface area contributed by atoms with Crippen LogP contribution in [0.25, 0.3) is 0 Å². The zero-order chi connectivity index (χ0) is 9.97. The highest BCUT2D eigenvalue weighted by Gasteiger charge is 2.21. The molecule has 2 rings (SSSR count). The number of hydrogen-bond acceptors (Lipinski definition) is 1. The van der Waals surface area contributed by atoms with Crippen LogP contribution in [0.15, 0.2) is 24.3 Å². The van der Waals surface area contributed by atoms with Gasteiger partial charge in [-0.05, 0) is 12.1 Å². The smallest absolute Gasteiger partial charge is 0.269 e. The summed E-state index contributed by atoms with van der Waals surface area (Å²) in [6.45, 7) is 0.590. The molecule has 0 bridgehead atoms. The maximum Gasteiger partial charge on any atom is 0.280 e. The van der Waals surface area contributed by atoms with Gasteiger partial charge in [-0.25, -0.2) is 4.39 Å². The molecular weight excluding hydrogens is 183 g/mol. The van der Waals surface area contributed by atoms with E-state index >= 15 is 0 Å². The van der Waals surface area contributed by atoms with Crippen LogP contribution in [0.4, 0.5) is 4.39 Å². The minimum absolute atomic E-state index is 0.0300. The molecule has 1 N–H and O–H groups in total. The van der Waals surface area contributed by atoms with Crippen molar-refractivity contribution >= 4 is 12.1 Å². The van der Waals surface area contributed by atoms with Gasteiger partial charge >= 0.3 is 0 Å². The molecule has 0 radical (unpaired) electrons. The number of hydrogen-bond donors (Lipinski definition) is 1. The van der Waals surface area contributed by atoms with Gasteiger partial charge in [0.15, 0.2) is 6.54 Å². The van der Waals surface area contributed by atoms with Crippen LogP contribution >= 0.6 is 0 Å². The normalized spacial score (nSPS) is 18.6. The van der Waals surface area contributed by atoms with Gasteiger partial charge in [-0.2, -0.15) is 0 Å². The number of nitrogens with one attached hydrogen (secondary N) is 1. The molecule has 0 spiro atoms. The molecule has 1 heterocycles. The molecule has 0 atom stereocenters. The Morgan fingerprint density at radius 1 is 1.43 bits per heavy atom. The van der Waals surface area contributed by atoms with E-state index < -0.39 is 0 Å². The summed E-state index contributed by atoms with van der Waals surface area (Å²) in [5, 5.41) is 0. The molecule has 1 aromatic rings. The SMILES string of the molecule is O=C1CC/[N+](=C/c2ccccc2F)N1. The molecular formula is C10H10FN2O+. The number of benzene rings is 1. The van der Waals surface area contributed by atoms with E-state index in [1.54, 1.807) is 29.1 Å². The fourth-order valence-corrected chi connectivity index (χ4v) is 1.34. The molecule has 0 unspecified atom stereocenters. The van der Waals surface area contributed by atoms with E-state index in [9.17, 15) is 9.18 Å². The number of carbonyl (C=O) groups is 1. The van der Waals surface area contributed by atoms with Crippen molar-refractivity contribution in [2.75, 3.05) is 6.54 Å². The van der Waals surface area contributed by atoms with E-state index in [1.165, 1.54) is 6.07 Å². The molecule has 1 saturated heterocycles. The van der Waals surface area contributed by atoms with Gasteiger partial charge in [0.2, 0.25) is 6.21 Å². The first-order chi connectivity index (χ1) is 6.75. The van der Waals surface area contributed by atoms with Gasteiger partial charge in [-0.3, -0.25) is 4.79 Å². The molecule has 0 aromatic heterocycles. The van der Waals surface area contributed by atoms with Gasteiger partial charge in [0.05, 0.1) is 12.0 Å². The third kappa shape index (κ3) is 1.79. The molecule has 1 fully saturated rings. The molecule has 0 aliphatic carbocycles. The van der Waals surface area contributed by atoms with Crippen molar-refractivity contribution in [1.29, 1.82) is 0 Å². The Bertz CT molecular complexity index is 401. The van der Waals surface area contributed by atoms with Crippen LogP contribution < -0.4 is 5.43 Å². The average Bonchev–Trinajstić information content (AvgIpc) is 2.56.